The number of morpholine rings is 1. The fourth-order valence-electron chi connectivity index (χ4n) is 4.29. The van der Waals surface area contributed by atoms with Gasteiger partial charge in [-0.05, 0) is 54.1 Å². The van der Waals surface area contributed by atoms with Gasteiger partial charge in [0.15, 0.2) is 0 Å². The molecule has 0 bridgehead atoms. The van der Waals surface area contributed by atoms with Crippen LogP contribution in [0.15, 0.2) is 79.1 Å². The van der Waals surface area contributed by atoms with Crippen LogP contribution in [0.1, 0.15) is 22.3 Å². The maximum Gasteiger partial charge on any atom is 0.251 e. The van der Waals surface area contributed by atoms with E-state index in [1.807, 2.05) is 77.4 Å². The topological polar surface area (TPSA) is 88.5 Å². The van der Waals surface area contributed by atoms with E-state index in [1.165, 1.54) is 0 Å². The molecule has 3 aromatic carbocycles. The molecule has 36 heavy (non-hydrogen) atoms. The van der Waals surface area contributed by atoms with E-state index in [9.17, 15) is 9.59 Å². The molecule has 1 aliphatic heterocycles. The second-order valence-electron chi connectivity index (χ2n) is 8.79. The number of carbonyl (C=O) groups excluding carboxylic acids is 2. The van der Waals surface area contributed by atoms with E-state index in [0.29, 0.717) is 18.5 Å². The molecule has 0 spiro atoms. The second-order valence-corrected chi connectivity index (χ2v) is 8.79. The van der Waals surface area contributed by atoms with E-state index >= 15 is 0 Å². The number of benzene rings is 3. The lowest BCUT2D eigenvalue weighted by molar-refractivity contribution is -0.116. The third-order valence-corrected chi connectivity index (χ3v) is 6.28. The Morgan fingerprint density at radius 3 is 2.58 bits per heavy atom. The van der Waals surface area contributed by atoms with Gasteiger partial charge < -0.3 is 15.4 Å². The third kappa shape index (κ3) is 5.79. The Bertz CT molecular complexity index is 1340. The molecule has 0 aliphatic carbocycles. The van der Waals surface area contributed by atoms with Crippen molar-refractivity contribution < 1.29 is 14.3 Å². The fourth-order valence-corrected chi connectivity index (χ4v) is 4.29. The SMILES string of the molecule is O=C(CCN1CCOCC1)Nc1cccc(CNC(=O)c2ccc(-n3cnc4ccccc43)cc2)c1. The van der Waals surface area contributed by atoms with Crippen molar-refractivity contribution in [2.45, 2.75) is 13.0 Å². The second kappa shape index (κ2) is 11.2. The van der Waals surface area contributed by atoms with Crippen LogP contribution in [0, 0.1) is 0 Å². The molecule has 184 valence electrons. The molecule has 0 saturated carbocycles. The monoisotopic (exact) mass is 483 g/mol. The van der Waals surface area contributed by atoms with Crippen LogP contribution >= 0.6 is 0 Å². The number of imidazole rings is 1. The highest BCUT2D eigenvalue weighted by Gasteiger charge is 2.12. The smallest absolute Gasteiger partial charge is 0.251 e. The molecule has 1 aromatic heterocycles. The predicted octanol–water partition coefficient (Wildman–Crippen LogP) is 3.62. The largest absolute Gasteiger partial charge is 0.379 e. The normalized spacial score (nSPS) is 14.0. The number of anilines is 1. The summed E-state index contributed by atoms with van der Waals surface area (Å²) >= 11 is 0. The minimum atomic E-state index is -0.156. The first-order valence-corrected chi connectivity index (χ1v) is 12.2. The summed E-state index contributed by atoms with van der Waals surface area (Å²) in [5, 5.41) is 5.91. The zero-order chi connectivity index (χ0) is 24.7. The number of ether oxygens (including phenoxy) is 1. The van der Waals surface area contributed by atoms with Gasteiger partial charge in [0.2, 0.25) is 5.91 Å². The van der Waals surface area contributed by atoms with Gasteiger partial charge in [-0.3, -0.25) is 19.1 Å². The minimum absolute atomic E-state index is 0.0200. The first kappa shape index (κ1) is 23.7. The molecule has 8 heteroatoms. The summed E-state index contributed by atoms with van der Waals surface area (Å²) in [6, 6.07) is 22.9. The lowest BCUT2D eigenvalue weighted by atomic mass is 10.1. The van der Waals surface area contributed by atoms with Crippen LogP contribution in [0.4, 0.5) is 5.69 Å². The van der Waals surface area contributed by atoms with Crippen molar-refractivity contribution in [3.63, 3.8) is 0 Å². The first-order valence-electron chi connectivity index (χ1n) is 12.2. The summed E-state index contributed by atoms with van der Waals surface area (Å²) in [6.07, 6.45) is 2.22. The van der Waals surface area contributed by atoms with Crippen LogP contribution in [0.5, 0.6) is 0 Å². The Morgan fingerprint density at radius 1 is 0.944 bits per heavy atom. The quantitative estimate of drug-likeness (QED) is 0.400. The molecule has 0 atom stereocenters. The van der Waals surface area contributed by atoms with Crippen LogP contribution in [-0.4, -0.2) is 59.1 Å². The molecule has 2 amide bonds. The molecule has 1 aliphatic rings. The summed E-state index contributed by atoms with van der Waals surface area (Å²) in [7, 11) is 0. The van der Waals surface area contributed by atoms with E-state index in [0.717, 1.165) is 60.8 Å². The molecule has 1 fully saturated rings. The van der Waals surface area contributed by atoms with Gasteiger partial charge in [-0.25, -0.2) is 4.98 Å². The zero-order valence-corrected chi connectivity index (χ0v) is 20.0. The van der Waals surface area contributed by atoms with Gasteiger partial charge >= 0.3 is 0 Å². The zero-order valence-electron chi connectivity index (χ0n) is 20.0. The fraction of sp³-hybridized carbons (Fsp3) is 0.250. The number of nitrogens with zero attached hydrogens (tertiary/aromatic N) is 3. The summed E-state index contributed by atoms with van der Waals surface area (Å²) in [5.41, 5.74) is 5.10. The summed E-state index contributed by atoms with van der Waals surface area (Å²) in [4.78, 5) is 31.7. The highest BCUT2D eigenvalue weighted by Crippen LogP contribution is 2.18. The molecule has 4 aromatic rings. The lowest BCUT2D eigenvalue weighted by Crippen LogP contribution is -2.38. The van der Waals surface area contributed by atoms with Crippen molar-refractivity contribution in [3.8, 4) is 5.69 Å². The number of hydrogen-bond acceptors (Lipinski definition) is 5. The van der Waals surface area contributed by atoms with Gasteiger partial charge in [-0.2, -0.15) is 0 Å². The van der Waals surface area contributed by atoms with E-state index in [-0.39, 0.29) is 11.8 Å². The number of para-hydroxylation sites is 2. The van der Waals surface area contributed by atoms with Crippen molar-refractivity contribution in [1.82, 2.24) is 19.8 Å². The van der Waals surface area contributed by atoms with Crippen LogP contribution < -0.4 is 10.6 Å². The van der Waals surface area contributed by atoms with Crippen LogP contribution in [0.2, 0.25) is 0 Å². The molecular formula is C28H29N5O3. The summed E-state index contributed by atoms with van der Waals surface area (Å²) < 4.78 is 7.34. The van der Waals surface area contributed by atoms with Crippen LogP contribution in [0.25, 0.3) is 16.7 Å². The number of hydrogen-bond donors (Lipinski definition) is 2. The number of rotatable bonds is 8. The average molecular weight is 484 g/mol. The standard InChI is InChI=1S/C28H29N5O3/c34-27(12-13-32-14-16-36-17-15-32)31-23-5-3-4-21(18-23)19-29-28(35)22-8-10-24(11-9-22)33-20-30-25-6-1-2-7-26(25)33/h1-11,18,20H,12-17,19H2,(H,29,35)(H,31,34). The number of nitrogens with one attached hydrogen (secondary N) is 2. The van der Waals surface area contributed by atoms with E-state index < -0.39 is 0 Å². The average Bonchev–Trinajstić information content (AvgIpc) is 3.36. The Labute approximate surface area is 209 Å². The Kier molecular flexibility index (Phi) is 7.35. The highest BCUT2D eigenvalue weighted by atomic mass is 16.5. The lowest BCUT2D eigenvalue weighted by Gasteiger charge is -2.26. The number of carbonyl (C=O) groups is 2. The van der Waals surface area contributed by atoms with Crippen molar-refractivity contribution in [3.05, 3.63) is 90.3 Å². The van der Waals surface area contributed by atoms with Gasteiger partial charge in [0.05, 0.1) is 24.2 Å². The van der Waals surface area contributed by atoms with Gasteiger partial charge in [0.1, 0.15) is 6.33 Å². The molecule has 2 heterocycles. The Morgan fingerprint density at radius 2 is 1.75 bits per heavy atom. The minimum Gasteiger partial charge on any atom is -0.379 e. The molecule has 0 radical (unpaired) electrons. The third-order valence-electron chi connectivity index (χ3n) is 6.28. The number of amides is 2. The molecule has 2 N–H and O–H groups in total. The molecular weight excluding hydrogens is 454 g/mol. The van der Waals surface area contributed by atoms with Crippen molar-refractivity contribution >= 4 is 28.5 Å². The summed E-state index contributed by atoms with van der Waals surface area (Å²) in [6.45, 7) is 4.27. The molecule has 5 rings (SSSR count). The van der Waals surface area contributed by atoms with Crippen molar-refractivity contribution in [2.75, 3.05) is 38.2 Å². The van der Waals surface area contributed by atoms with Gasteiger partial charge in [0.25, 0.3) is 5.91 Å². The first-order chi connectivity index (χ1) is 17.7. The number of fused-ring (bicyclic) bond motifs is 1. The maximum absolute atomic E-state index is 12.7. The Balaban J connectivity index is 1.14. The molecule has 0 unspecified atom stereocenters. The number of aromatic nitrogens is 2. The van der Waals surface area contributed by atoms with E-state index in [2.05, 4.69) is 20.5 Å². The van der Waals surface area contributed by atoms with Gasteiger partial charge in [0, 0.05) is 49.5 Å². The molecule has 1 saturated heterocycles. The van der Waals surface area contributed by atoms with Crippen molar-refractivity contribution in [2.24, 2.45) is 0 Å². The van der Waals surface area contributed by atoms with Gasteiger partial charge in [-0.15, -0.1) is 0 Å². The van der Waals surface area contributed by atoms with Crippen LogP contribution in [0.3, 0.4) is 0 Å². The van der Waals surface area contributed by atoms with E-state index in [4.69, 9.17) is 4.74 Å². The maximum atomic E-state index is 12.7. The van der Waals surface area contributed by atoms with E-state index in [1.54, 1.807) is 6.33 Å². The molecule has 8 nitrogen and oxygen atoms in total. The Hall–Kier alpha value is -4.01. The highest BCUT2D eigenvalue weighted by molar-refractivity contribution is 5.94. The van der Waals surface area contributed by atoms with Gasteiger partial charge in [-0.1, -0.05) is 24.3 Å². The summed E-state index contributed by atoms with van der Waals surface area (Å²) in [5.74, 6) is -0.176. The predicted molar refractivity (Wildman–Crippen MR) is 139 cm³/mol. The van der Waals surface area contributed by atoms with Crippen LogP contribution in [-0.2, 0) is 16.1 Å². The van der Waals surface area contributed by atoms with Crippen molar-refractivity contribution in [1.29, 1.82) is 0 Å².